The first-order valence-electron chi connectivity index (χ1n) is 9.23. The molecule has 1 amide bonds. The van der Waals surface area contributed by atoms with E-state index in [1.165, 1.54) is 11.0 Å². The summed E-state index contributed by atoms with van der Waals surface area (Å²) in [6.45, 7) is 2.02. The van der Waals surface area contributed by atoms with Crippen molar-refractivity contribution in [1.29, 1.82) is 0 Å². The van der Waals surface area contributed by atoms with E-state index in [-0.39, 0.29) is 12.6 Å². The molecule has 2 aromatic rings. The number of anilines is 2. The minimum atomic E-state index is -0.742. The van der Waals surface area contributed by atoms with Crippen LogP contribution in [0.15, 0.2) is 42.5 Å². The van der Waals surface area contributed by atoms with Gasteiger partial charge in [0.2, 0.25) is 0 Å². The molecule has 2 aliphatic heterocycles. The summed E-state index contributed by atoms with van der Waals surface area (Å²) in [7, 11) is -0.742. The summed E-state index contributed by atoms with van der Waals surface area (Å²) in [5.41, 5.74) is 8.23. The smallest absolute Gasteiger partial charge is 0.414 e. The molecule has 2 saturated heterocycles. The number of benzene rings is 2. The van der Waals surface area contributed by atoms with E-state index in [0.717, 1.165) is 24.3 Å². The summed E-state index contributed by atoms with van der Waals surface area (Å²) in [5.74, 6) is 0.907. The number of carbonyl (C=O) groups excluding carboxylic acids is 1. The largest absolute Gasteiger partial charge is 0.443 e. The maximum Gasteiger partial charge on any atom is 0.414 e. The second-order valence-corrected chi connectivity index (χ2v) is 8.60. The third-order valence-electron chi connectivity index (χ3n) is 5.10. The average molecular weight is 403 g/mol. The van der Waals surface area contributed by atoms with Gasteiger partial charge in [-0.2, -0.15) is 0 Å². The number of halogens is 1. The third-order valence-corrected chi connectivity index (χ3v) is 6.38. The molecule has 0 radical (unpaired) electrons. The number of nitrogens with two attached hydrogens (primary N) is 1. The Morgan fingerprint density at radius 2 is 1.93 bits per heavy atom. The Morgan fingerprint density at radius 3 is 2.61 bits per heavy atom. The maximum absolute atomic E-state index is 14.9. The quantitative estimate of drug-likeness (QED) is 0.848. The van der Waals surface area contributed by atoms with E-state index in [2.05, 4.69) is 4.90 Å². The Balaban J connectivity index is 1.57. The zero-order chi connectivity index (χ0) is 19.7. The van der Waals surface area contributed by atoms with Gasteiger partial charge in [-0.3, -0.25) is 9.11 Å². The molecule has 0 spiro atoms. The van der Waals surface area contributed by atoms with Gasteiger partial charge in [0.25, 0.3) is 0 Å². The van der Waals surface area contributed by atoms with E-state index < -0.39 is 22.7 Å². The lowest BCUT2D eigenvalue weighted by Crippen LogP contribution is -2.37. The van der Waals surface area contributed by atoms with Crippen LogP contribution in [-0.4, -0.2) is 54.1 Å². The molecule has 28 heavy (non-hydrogen) atoms. The second kappa shape index (κ2) is 7.89. The Kier molecular flexibility index (Phi) is 5.32. The van der Waals surface area contributed by atoms with Crippen LogP contribution in [0.1, 0.15) is 0 Å². The van der Waals surface area contributed by atoms with E-state index >= 15 is 0 Å². The van der Waals surface area contributed by atoms with E-state index in [1.807, 2.05) is 24.3 Å². The van der Waals surface area contributed by atoms with Crippen molar-refractivity contribution in [3.8, 4) is 11.1 Å². The summed E-state index contributed by atoms with van der Waals surface area (Å²) in [6, 6.07) is 12.4. The molecule has 2 aliphatic rings. The molecule has 0 unspecified atom stereocenters. The Hall–Kier alpha value is -2.45. The number of amides is 1. The standard InChI is InChI=1S/C20H22FN3O3S/c21-19-11-16(24-13-17(12-22)27-20(24)25)4-5-18(19)14-2-1-3-15(10-14)23-6-8-28(26)9-7-23/h1-5,10-11,17H,6-9,12-13,22H2/t17-/m0/s1. The zero-order valence-electron chi connectivity index (χ0n) is 15.3. The summed E-state index contributed by atoms with van der Waals surface area (Å²) < 4.78 is 31.6. The molecule has 0 saturated carbocycles. The molecule has 8 heteroatoms. The molecule has 2 fully saturated rings. The van der Waals surface area contributed by atoms with Crippen LogP contribution >= 0.6 is 0 Å². The zero-order valence-corrected chi connectivity index (χ0v) is 16.2. The molecule has 0 aromatic heterocycles. The van der Waals surface area contributed by atoms with Gasteiger partial charge in [0.15, 0.2) is 0 Å². The topological polar surface area (TPSA) is 75.9 Å². The van der Waals surface area contributed by atoms with Crippen LogP contribution < -0.4 is 15.5 Å². The summed E-state index contributed by atoms with van der Waals surface area (Å²) in [6.07, 6.45) is -0.877. The van der Waals surface area contributed by atoms with Crippen molar-refractivity contribution in [2.75, 3.05) is 47.5 Å². The highest BCUT2D eigenvalue weighted by atomic mass is 32.2. The number of rotatable bonds is 4. The number of nitrogens with zero attached hydrogens (tertiary/aromatic N) is 2. The fraction of sp³-hybridized carbons (Fsp3) is 0.350. The second-order valence-electron chi connectivity index (χ2n) is 6.90. The van der Waals surface area contributed by atoms with Gasteiger partial charge in [-0.25, -0.2) is 9.18 Å². The Labute approximate surface area is 165 Å². The van der Waals surface area contributed by atoms with Gasteiger partial charge in [-0.1, -0.05) is 12.1 Å². The van der Waals surface area contributed by atoms with Crippen LogP contribution in [0.2, 0.25) is 0 Å². The van der Waals surface area contributed by atoms with Gasteiger partial charge in [0.1, 0.15) is 11.9 Å². The van der Waals surface area contributed by atoms with Crippen molar-refractivity contribution >= 4 is 28.3 Å². The van der Waals surface area contributed by atoms with Gasteiger partial charge in [-0.05, 0) is 35.9 Å². The molecule has 148 valence electrons. The molecule has 0 aliphatic carbocycles. The Morgan fingerprint density at radius 1 is 1.14 bits per heavy atom. The number of cyclic esters (lactones) is 1. The number of hydrogen-bond donors (Lipinski definition) is 1. The molecule has 2 heterocycles. The van der Waals surface area contributed by atoms with Crippen molar-refractivity contribution in [3.05, 3.63) is 48.3 Å². The fourth-order valence-corrected chi connectivity index (χ4v) is 4.58. The monoisotopic (exact) mass is 403 g/mol. The van der Waals surface area contributed by atoms with Crippen LogP contribution in [0.4, 0.5) is 20.6 Å². The van der Waals surface area contributed by atoms with Crippen molar-refractivity contribution in [2.45, 2.75) is 6.10 Å². The molecule has 4 rings (SSSR count). The third kappa shape index (κ3) is 3.74. The van der Waals surface area contributed by atoms with Crippen molar-refractivity contribution in [3.63, 3.8) is 0 Å². The fourth-order valence-electron chi connectivity index (χ4n) is 3.53. The van der Waals surface area contributed by atoms with E-state index in [9.17, 15) is 13.4 Å². The molecular formula is C20H22FN3O3S. The summed E-state index contributed by atoms with van der Waals surface area (Å²) >= 11 is 0. The van der Waals surface area contributed by atoms with Crippen LogP contribution in [-0.2, 0) is 15.5 Å². The highest BCUT2D eigenvalue weighted by Crippen LogP contribution is 2.31. The van der Waals surface area contributed by atoms with Gasteiger partial charge < -0.3 is 15.4 Å². The van der Waals surface area contributed by atoms with Crippen LogP contribution in [0.3, 0.4) is 0 Å². The van der Waals surface area contributed by atoms with Crippen molar-refractivity contribution in [1.82, 2.24) is 0 Å². The highest BCUT2D eigenvalue weighted by molar-refractivity contribution is 7.85. The first kappa shape index (κ1) is 18.9. The molecule has 2 N–H and O–H groups in total. The average Bonchev–Trinajstić information content (AvgIpc) is 3.09. The van der Waals surface area contributed by atoms with Gasteiger partial charge in [0.05, 0.1) is 12.2 Å². The van der Waals surface area contributed by atoms with Crippen molar-refractivity contribution < 1.29 is 18.1 Å². The first-order valence-corrected chi connectivity index (χ1v) is 10.7. The summed E-state index contributed by atoms with van der Waals surface area (Å²) in [5, 5.41) is 0. The summed E-state index contributed by atoms with van der Waals surface area (Å²) in [4.78, 5) is 15.5. The lowest BCUT2D eigenvalue weighted by molar-refractivity contribution is 0.145. The number of carbonyl (C=O) groups is 1. The highest BCUT2D eigenvalue weighted by Gasteiger charge is 2.31. The minimum absolute atomic E-state index is 0.236. The van der Waals surface area contributed by atoms with E-state index in [1.54, 1.807) is 12.1 Å². The number of ether oxygens (including phenoxy) is 1. The predicted octanol–water partition coefficient (Wildman–Crippen LogP) is 2.35. The lowest BCUT2D eigenvalue weighted by Gasteiger charge is -2.28. The van der Waals surface area contributed by atoms with Crippen molar-refractivity contribution in [2.24, 2.45) is 5.73 Å². The molecule has 1 atom stereocenters. The van der Waals surface area contributed by atoms with Crippen LogP contribution in [0.25, 0.3) is 11.1 Å². The molecule has 2 aromatic carbocycles. The van der Waals surface area contributed by atoms with E-state index in [0.29, 0.717) is 29.3 Å². The molecule has 6 nitrogen and oxygen atoms in total. The van der Waals surface area contributed by atoms with Crippen LogP contribution in [0.5, 0.6) is 0 Å². The lowest BCUT2D eigenvalue weighted by atomic mass is 10.0. The Bertz CT molecular complexity index is 913. The molecular weight excluding hydrogens is 381 g/mol. The number of hydrogen-bond acceptors (Lipinski definition) is 5. The maximum atomic E-state index is 14.9. The van der Waals surface area contributed by atoms with Crippen LogP contribution in [0, 0.1) is 5.82 Å². The van der Waals surface area contributed by atoms with Gasteiger partial charge >= 0.3 is 6.09 Å². The normalized spacial score (nSPS) is 20.5. The predicted molar refractivity (Wildman–Crippen MR) is 109 cm³/mol. The van der Waals surface area contributed by atoms with Gasteiger partial charge in [0, 0.05) is 53.2 Å². The van der Waals surface area contributed by atoms with E-state index in [4.69, 9.17) is 10.5 Å². The molecule has 0 bridgehead atoms. The first-order chi connectivity index (χ1) is 13.5. The van der Waals surface area contributed by atoms with Gasteiger partial charge in [-0.15, -0.1) is 0 Å². The minimum Gasteiger partial charge on any atom is -0.443 e. The SMILES string of the molecule is NC[C@H]1CN(c2ccc(-c3cccc(N4CCS(=O)CC4)c3)c(F)c2)C(=O)O1.